The standard InChI is InChI=1S/C25H24N6O2S/c1-3-33-22-12-10-21(11-13-22)31-24(20-9-6-14-26-15-20)29-30-25(31)34-17-23(32)28-27-16-19-8-5-4-7-18(19)2/h4-16H,3,17H2,1-2H3,(H,28,32). The number of aryl methyl sites for hydroxylation is 1. The Labute approximate surface area is 202 Å². The summed E-state index contributed by atoms with van der Waals surface area (Å²) in [5.74, 6) is 1.31. The van der Waals surface area contributed by atoms with Gasteiger partial charge in [0.1, 0.15) is 5.75 Å². The van der Waals surface area contributed by atoms with Gasteiger partial charge in [-0.2, -0.15) is 5.10 Å². The number of hydrogen-bond acceptors (Lipinski definition) is 7. The lowest BCUT2D eigenvalue weighted by Gasteiger charge is -2.11. The molecule has 4 aromatic rings. The molecule has 0 radical (unpaired) electrons. The van der Waals surface area contributed by atoms with Crippen LogP contribution >= 0.6 is 11.8 Å². The zero-order chi connectivity index (χ0) is 23.8. The molecule has 0 spiro atoms. The van der Waals surface area contributed by atoms with Crippen molar-refractivity contribution < 1.29 is 9.53 Å². The van der Waals surface area contributed by atoms with Crippen LogP contribution in [0, 0.1) is 6.92 Å². The number of hydrazone groups is 1. The summed E-state index contributed by atoms with van der Waals surface area (Å²) in [5, 5.41) is 13.4. The van der Waals surface area contributed by atoms with Crippen molar-refractivity contribution in [2.24, 2.45) is 5.10 Å². The summed E-state index contributed by atoms with van der Waals surface area (Å²) in [6.45, 7) is 4.53. The Morgan fingerprint density at radius 1 is 1.12 bits per heavy atom. The van der Waals surface area contributed by atoms with Crippen molar-refractivity contribution in [1.29, 1.82) is 0 Å². The first kappa shape index (κ1) is 23.2. The molecular formula is C25H24N6O2S. The molecule has 1 N–H and O–H groups in total. The molecule has 0 aliphatic carbocycles. The smallest absolute Gasteiger partial charge is 0.250 e. The van der Waals surface area contributed by atoms with Crippen molar-refractivity contribution in [2.75, 3.05) is 12.4 Å². The van der Waals surface area contributed by atoms with Crippen LogP contribution in [0.2, 0.25) is 0 Å². The number of ether oxygens (including phenoxy) is 1. The third-order valence-electron chi connectivity index (χ3n) is 4.87. The van der Waals surface area contributed by atoms with Crippen LogP contribution in [0.3, 0.4) is 0 Å². The molecule has 172 valence electrons. The van der Waals surface area contributed by atoms with E-state index in [9.17, 15) is 4.79 Å². The topological polar surface area (TPSA) is 94.3 Å². The van der Waals surface area contributed by atoms with Crippen LogP contribution in [0.1, 0.15) is 18.1 Å². The number of amides is 1. The second kappa shape index (κ2) is 11.2. The lowest BCUT2D eigenvalue weighted by Crippen LogP contribution is -2.20. The predicted molar refractivity (Wildman–Crippen MR) is 133 cm³/mol. The third kappa shape index (κ3) is 5.68. The molecule has 0 bridgehead atoms. The van der Waals surface area contributed by atoms with Gasteiger partial charge in [0.15, 0.2) is 11.0 Å². The van der Waals surface area contributed by atoms with Gasteiger partial charge in [-0.3, -0.25) is 14.3 Å². The lowest BCUT2D eigenvalue weighted by molar-refractivity contribution is -0.118. The van der Waals surface area contributed by atoms with Gasteiger partial charge in [0.25, 0.3) is 5.91 Å². The van der Waals surface area contributed by atoms with Gasteiger partial charge in [0, 0.05) is 23.6 Å². The van der Waals surface area contributed by atoms with E-state index in [0.717, 1.165) is 28.1 Å². The molecule has 2 heterocycles. The van der Waals surface area contributed by atoms with Crippen molar-refractivity contribution in [2.45, 2.75) is 19.0 Å². The van der Waals surface area contributed by atoms with Crippen LogP contribution in [0.4, 0.5) is 0 Å². The van der Waals surface area contributed by atoms with Crippen LogP contribution in [0.25, 0.3) is 17.1 Å². The maximum atomic E-state index is 12.4. The molecule has 9 heteroatoms. The maximum Gasteiger partial charge on any atom is 0.250 e. The van der Waals surface area contributed by atoms with Crippen molar-refractivity contribution in [3.8, 4) is 22.8 Å². The highest BCUT2D eigenvalue weighted by molar-refractivity contribution is 7.99. The predicted octanol–water partition coefficient (Wildman–Crippen LogP) is 4.28. The van der Waals surface area contributed by atoms with Gasteiger partial charge in [-0.25, -0.2) is 5.43 Å². The van der Waals surface area contributed by atoms with Crippen molar-refractivity contribution in [3.63, 3.8) is 0 Å². The number of nitrogens with zero attached hydrogens (tertiary/aromatic N) is 5. The zero-order valence-corrected chi connectivity index (χ0v) is 19.7. The first-order chi connectivity index (χ1) is 16.7. The molecule has 0 aliphatic heterocycles. The quantitative estimate of drug-likeness (QED) is 0.222. The summed E-state index contributed by atoms with van der Waals surface area (Å²) in [5.41, 5.74) is 6.29. The molecule has 34 heavy (non-hydrogen) atoms. The summed E-state index contributed by atoms with van der Waals surface area (Å²) < 4.78 is 7.46. The number of hydrogen-bond donors (Lipinski definition) is 1. The van der Waals surface area contributed by atoms with Gasteiger partial charge in [-0.1, -0.05) is 36.0 Å². The molecule has 2 aromatic carbocycles. The molecule has 0 saturated carbocycles. The van der Waals surface area contributed by atoms with E-state index < -0.39 is 0 Å². The third-order valence-corrected chi connectivity index (χ3v) is 5.80. The highest BCUT2D eigenvalue weighted by atomic mass is 32.2. The number of thioether (sulfide) groups is 1. The molecular weight excluding hydrogens is 448 g/mol. The fourth-order valence-electron chi connectivity index (χ4n) is 3.20. The number of carbonyl (C=O) groups is 1. The first-order valence-corrected chi connectivity index (χ1v) is 11.7. The number of benzene rings is 2. The number of carbonyl (C=O) groups excluding carboxylic acids is 1. The minimum Gasteiger partial charge on any atom is -0.494 e. The number of nitrogens with one attached hydrogen (secondary N) is 1. The van der Waals surface area contributed by atoms with Crippen molar-refractivity contribution in [3.05, 3.63) is 84.2 Å². The molecule has 0 aliphatic rings. The first-order valence-electron chi connectivity index (χ1n) is 10.7. The van der Waals surface area contributed by atoms with Crippen molar-refractivity contribution in [1.82, 2.24) is 25.2 Å². The van der Waals surface area contributed by atoms with Crippen LogP contribution in [-0.2, 0) is 4.79 Å². The van der Waals surface area contributed by atoms with Crippen LogP contribution < -0.4 is 10.2 Å². The Morgan fingerprint density at radius 3 is 2.68 bits per heavy atom. The minimum atomic E-state index is -0.237. The molecule has 0 unspecified atom stereocenters. The van der Waals surface area contributed by atoms with Gasteiger partial charge in [-0.15, -0.1) is 10.2 Å². The maximum absolute atomic E-state index is 12.4. The molecule has 0 saturated heterocycles. The fraction of sp³-hybridized carbons (Fsp3) is 0.160. The molecule has 2 aromatic heterocycles. The van der Waals surface area contributed by atoms with Gasteiger partial charge >= 0.3 is 0 Å². The minimum absolute atomic E-state index is 0.132. The highest BCUT2D eigenvalue weighted by Gasteiger charge is 2.17. The number of rotatable bonds is 9. The molecule has 0 fully saturated rings. The van der Waals surface area contributed by atoms with Crippen LogP contribution in [0.5, 0.6) is 5.75 Å². The molecule has 8 nitrogen and oxygen atoms in total. The SMILES string of the molecule is CCOc1ccc(-n2c(SCC(=O)NN=Cc3ccccc3C)nnc2-c2cccnc2)cc1. The summed E-state index contributed by atoms with van der Waals surface area (Å²) in [4.78, 5) is 16.6. The highest BCUT2D eigenvalue weighted by Crippen LogP contribution is 2.28. The lowest BCUT2D eigenvalue weighted by atomic mass is 10.1. The average Bonchev–Trinajstić information content (AvgIpc) is 3.29. The van der Waals surface area contributed by atoms with Crippen molar-refractivity contribution >= 4 is 23.9 Å². The second-order valence-electron chi connectivity index (χ2n) is 7.25. The van der Waals surface area contributed by atoms with E-state index in [0.29, 0.717) is 17.6 Å². The Morgan fingerprint density at radius 2 is 1.94 bits per heavy atom. The summed E-state index contributed by atoms with van der Waals surface area (Å²) in [6, 6.07) is 19.3. The number of pyridine rings is 1. The van der Waals surface area contributed by atoms with E-state index in [4.69, 9.17) is 4.74 Å². The van der Waals surface area contributed by atoms with E-state index >= 15 is 0 Å². The summed E-state index contributed by atoms with van der Waals surface area (Å²) in [6.07, 6.45) is 5.08. The van der Waals surface area contributed by atoms with Gasteiger partial charge in [-0.05, 0) is 61.4 Å². The monoisotopic (exact) mass is 472 g/mol. The molecule has 0 atom stereocenters. The Kier molecular flexibility index (Phi) is 7.67. The molecule has 1 amide bonds. The Hall–Kier alpha value is -3.98. The fourth-order valence-corrected chi connectivity index (χ4v) is 3.95. The normalized spacial score (nSPS) is 11.0. The summed E-state index contributed by atoms with van der Waals surface area (Å²) in [7, 11) is 0. The number of aromatic nitrogens is 4. The Bertz CT molecular complexity index is 1270. The van der Waals surface area contributed by atoms with E-state index in [1.165, 1.54) is 11.8 Å². The average molecular weight is 473 g/mol. The molecule has 4 rings (SSSR count). The van der Waals surface area contributed by atoms with E-state index in [2.05, 4.69) is 25.7 Å². The largest absolute Gasteiger partial charge is 0.494 e. The van der Waals surface area contributed by atoms with E-state index in [1.807, 2.05) is 79.1 Å². The van der Waals surface area contributed by atoms with Gasteiger partial charge in [0.2, 0.25) is 0 Å². The van der Waals surface area contributed by atoms with Gasteiger partial charge in [0.05, 0.1) is 18.6 Å². The van der Waals surface area contributed by atoms with E-state index in [1.54, 1.807) is 18.6 Å². The summed E-state index contributed by atoms with van der Waals surface area (Å²) >= 11 is 1.28. The van der Waals surface area contributed by atoms with Crippen LogP contribution in [-0.4, -0.2) is 44.2 Å². The van der Waals surface area contributed by atoms with Crippen LogP contribution in [0.15, 0.2) is 83.3 Å². The Balaban J connectivity index is 1.51. The zero-order valence-electron chi connectivity index (χ0n) is 18.9. The second-order valence-corrected chi connectivity index (χ2v) is 8.19. The van der Waals surface area contributed by atoms with Gasteiger partial charge < -0.3 is 4.74 Å². The van der Waals surface area contributed by atoms with E-state index in [-0.39, 0.29) is 11.7 Å².